The molecule has 0 amide bonds. The fourth-order valence-corrected chi connectivity index (χ4v) is 4.23. The van der Waals surface area contributed by atoms with Gasteiger partial charge < -0.3 is 10.0 Å². The molecule has 0 fully saturated rings. The van der Waals surface area contributed by atoms with Gasteiger partial charge in [-0.3, -0.25) is 0 Å². The van der Waals surface area contributed by atoms with Gasteiger partial charge in [-0.15, -0.1) is 0 Å². The summed E-state index contributed by atoms with van der Waals surface area (Å²) < 4.78 is 0. The Bertz CT molecular complexity index is 1330. The molecule has 0 radical (unpaired) electrons. The van der Waals surface area contributed by atoms with Gasteiger partial charge in [-0.25, -0.2) is 0 Å². The zero-order valence-electron chi connectivity index (χ0n) is 19.5. The molecule has 0 aliphatic heterocycles. The molecule has 0 atom stereocenters. The maximum atomic E-state index is 9.45. The van der Waals surface area contributed by atoms with Crippen LogP contribution in [0.1, 0.15) is 22.3 Å². The van der Waals surface area contributed by atoms with Gasteiger partial charge in [-0.1, -0.05) is 103 Å². The largest absolute Gasteiger partial charge is 0.392 e. The van der Waals surface area contributed by atoms with Crippen LogP contribution in [0.25, 0.3) is 11.6 Å². The maximum absolute atomic E-state index is 9.45. The summed E-state index contributed by atoms with van der Waals surface area (Å²) in [4.78, 5) is 2.23. The first-order chi connectivity index (χ1) is 17.3. The third-order valence-electron chi connectivity index (χ3n) is 6.02. The first-order valence-corrected chi connectivity index (χ1v) is 11.8. The van der Waals surface area contributed by atoms with Gasteiger partial charge in [0.15, 0.2) is 0 Å². The highest BCUT2D eigenvalue weighted by atomic mass is 16.3. The number of benzene rings is 5. The van der Waals surface area contributed by atoms with E-state index in [0.29, 0.717) is 0 Å². The minimum absolute atomic E-state index is 0.0395. The Morgan fingerprint density at radius 1 is 0.514 bits per heavy atom. The summed E-state index contributed by atoms with van der Waals surface area (Å²) in [5, 5.41) is 9.45. The van der Waals surface area contributed by atoms with Crippen LogP contribution in [0.15, 0.2) is 140 Å². The van der Waals surface area contributed by atoms with E-state index in [9.17, 15) is 5.11 Å². The smallest absolute Gasteiger partial charge is 0.0681 e. The van der Waals surface area contributed by atoms with Crippen molar-refractivity contribution in [3.8, 4) is 0 Å². The average molecular weight is 454 g/mol. The highest BCUT2D eigenvalue weighted by molar-refractivity contribution is 5.91. The second kappa shape index (κ2) is 10.7. The molecule has 0 unspecified atom stereocenters. The van der Waals surface area contributed by atoms with E-state index >= 15 is 0 Å². The average Bonchev–Trinajstić information content (AvgIpc) is 2.94. The molecule has 5 rings (SSSR count). The molecule has 2 heteroatoms. The van der Waals surface area contributed by atoms with Crippen LogP contribution < -0.4 is 4.90 Å². The Kier molecular flexibility index (Phi) is 6.84. The van der Waals surface area contributed by atoms with E-state index < -0.39 is 0 Å². The predicted octanol–water partition coefficient (Wildman–Crippen LogP) is 8.24. The van der Waals surface area contributed by atoms with Gasteiger partial charge in [0, 0.05) is 17.1 Å². The van der Waals surface area contributed by atoms with Crippen molar-refractivity contribution in [3.05, 3.63) is 162 Å². The number of hydrogen-bond donors (Lipinski definition) is 1. The predicted molar refractivity (Wildman–Crippen MR) is 147 cm³/mol. The topological polar surface area (TPSA) is 23.5 Å². The van der Waals surface area contributed by atoms with Crippen LogP contribution in [-0.2, 0) is 6.61 Å². The monoisotopic (exact) mass is 453 g/mol. The molecule has 0 saturated heterocycles. The molecule has 2 nitrogen and oxygen atoms in total. The van der Waals surface area contributed by atoms with Gasteiger partial charge in [0.25, 0.3) is 0 Å². The van der Waals surface area contributed by atoms with E-state index in [-0.39, 0.29) is 6.61 Å². The highest BCUT2D eigenvalue weighted by Gasteiger charge is 2.12. The Morgan fingerprint density at radius 3 is 1.43 bits per heavy atom. The van der Waals surface area contributed by atoms with Gasteiger partial charge in [0.2, 0.25) is 0 Å². The van der Waals surface area contributed by atoms with Crippen LogP contribution in [0.3, 0.4) is 0 Å². The Hall–Kier alpha value is -4.40. The fourth-order valence-electron chi connectivity index (χ4n) is 4.23. The first-order valence-electron chi connectivity index (χ1n) is 11.8. The molecule has 0 aliphatic carbocycles. The third-order valence-corrected chi connectivity index (χ3v) is 6.02. The molecular weight excluding hydrogens is 426 g/mol. The van der Waals surface area contributed by atoms with E-state index in [2.05, 4.69) is 108 Å². The van der Waals surface area contributed by atoms with Crippen molar-refractivity contribution in [2.45, 2.75) is 6.61 Å². The summed E-state index contributed by atoms with van der Waals surface area (Å²) >= 11 is 0. The third kappa shape index (κ3) is 5.24. The lowest BCUT2D eigenvalue weighted by Gasteiger charge is -2.25. The molecule has 5 aromatic rings. The van der Waals surface area contributed by atoms with E-state index in [1.807, 2.05) is 42.5 Å². The summed E-state index contributed by atoms with van der Waals surface area (Å²) in [6.07, 6.45) is 2.25. The summed E-state index contributed by atoms with van der Waals surface area (Å²) in [6, 6.07) is 48.0. The van der Waals surface area contributed by atoms with Crippen LogP contribution >= 0.6 is 0 Å². The normalized spacial score (nSPS) is 10.5. The van der Waals surface area contributed by atoms with Gasteiger partial charge in [0.1, 0.15) is 0 Å². The van der Waals surface area contributed by atoms with E-state index in [4.69, 9.17) is 0 Å². The van der Waals surface area contributed by atoms with Crippen molar-refractivity contribution in [1.82, 2.24) is 0 Å². The molecule has 0 bridgehead atoms. The number of aliphatic hydroxyl groups is 1. The standard InChI is InChI=1S/C33H27NO/c35-25-27-18-22-32(23-19-27)34(30-14-8-3-9-15-30)31-20-16-26(17-21-31)24-33(28-10-4-1-5-11-28)29-12-6-2-7-13-29/h1-24,35H,25H2. The zero-order valence-corrected chi connectivity index (χ0v) is 19.5. The number of nitrogens with zero attached hydrogens (tertiary/aromatic N) is 1. The van der Waals surface area contributed by atoms with Crippen molar-refractivity contribution in [1.29, 1.82) is 0 Å². The summed E-state index contributed by atoms with van der Waals surface area (Å²) in [5.41, 5.74) is 8.82. The Balaban J connectivity index is 1.53. The zero-order chi connectivity index (χ0) is 23.9. The van der Waals surface area contributed by atoms with Crippen LogP contribution in [0, 0.1) is 0 Å². The van der Waals surface area contributed by atoms with E-state index in [1.54, 1.807) is 0 Å². The number of para-hydroxylation sites is 1. The quantitative estimate of drug-likeness (QED) is 0.251. The summed E-state index contributed by atoms with van der Waals surface area (Å²) in [7, 11) is 0. The van der Waals surface area contributed by atoms with Crippen molar-refractivity contribution >= 4 is 28.7 Å². The van der Waals surface area contributed by atoms with E-state index in [1.165, 1.54) is 16.7 Å². The number of hydrogen-bond acceptors (Lipinski definition) is 2. The molecular formula is C33H27NO. The summed E-state index contributed by atoms with van der Waals surface area (Å²) in [6.45, 7) is 0.0395. The highest BCUT2D eigenvalue weighted by Crippen LogP contribution is 2.35. The minimum Gasteiger partial charge on any atom is -0.392 e. The van der Waals surface area contributed by atoms with Crippen molar-refractivity contribution in [2.75, 3.05) is 4.90 Å². The second-order valence-electron chi connectivity index (χ2n) is 8.38. The molecule has 0 aliphatic rings. The van der Waals surface area contributed by atoms with Crippen LogP contribution in [-0.4, -0.2) is 5.11 Å². The minimum atomic E-state index is 0.0395. The van der Waals surface area contributed by atoms with Crippen molar-refractivity contribution in [2.24, 2.45) is 0 Å². The molecule has 35 heavy (non-hydrogen) atoms. The van der Waals surface area contributed by atoms with Crippen LogP contribution in [0.4, 0.5) is 17.1 Å². The molecule has 0 heterocycles. The first kappa shape index (κ1) is 22.4. The van der Waals surface area contributed by atoms with Crippen LogP contribution in [0.5, 0.6) is 0 Å². The van der Waals surface area contributed by atoms with Gasteiger partial charge in [-0.05, 0) is 70.3 Å². The fraction of sp³-hybridized carbons (Fsp3) is 0.0303. The maximum Gasteiger partial charge on any atom is 0.0681 e. The lowest BCUT2D eigenvalue weighted by atomic mass is 9.95. The molecule has 1 N–H and O–H groups in total. The Labute approximate surface area is 207 Å². The molecule has 0 saturated carbocycles. The molecule has 0 aromatic heterocycles. The number of anilines is 3. The van der Waals surface area contributed by atoms with Crippen molar-refractivity contribution < 1.29 is 5.11 Å². The number of aliphatic hydroxyl groups excluding tert-OH is 1. The molecule has 5 aromatic carbocycles. The van der Waals surface area contributed by atoms with Gasteiger partial charge in [-0.2, -0.15) is 0 Å². The van der Waals surface area contributed by atoms with E-state index in [0.717, 1.165) is 28.2 Å². The molecule has 170 valence electrons. The van der Waals surface area contributed by atoms with Crippen LogP contribution in [0.2, 0.25) is 0 Å². The Morgan fingerprint density at radius 2 is 0.943 bits per heavy atom. The van der Waals surface area contributed by atoms with Gasteiger partial charge in [0.05, 0.1) is 6.61 Å². The lowest BCUT2D eigenvalue weighted by molar-refractivity contribution is 0.282. The van der Waals surface area contributed by atoms with Gasteiger partial charge >= 0.3 is 0 Å². The molecule has 0 spiro atoms. The number of rotatable bonds is 7. The summed E-state index contributed by atoms with van der Waals surface area (Å²) in [5.74, 6) is 0. The van der Waals surface area contributed by atoms with Crippen molar-refractivity contribution in [3.63, 3.8) is 0 Å². The SMILES string of the molecule is OCc1ccc(N(c2ccccc2)c2ccc(C=C(c3ccccc3)c3ccccc3)cc2)cc1. The lowest BCUT2D eigenvalue weighted by Crippen LogP contribution is -2.09. The second-order valence-corrected chi connectivity index (χ2v) is 8.38.